The minimum Gasteiger partial charge on any atom is -0.366 e. The summed E-state index contributed by atoms with van der Waals surface area (Å²) in [4.78, 5) is 36.3. The number of carbonyl (C=O) groups excluding carboxylic acids is 2. The highest BCUT2D eigenvalue weighted by Gasteiger charge is 2.20. The Morgan fingerprint density at radius 1 is 1.00 bits per heavy atom. The average Bonchev–Trinajstić information content (AvgIpc) is 2.68. The van der Waals surface area contributed by atoms with Crippen LogP contribution in [0.3, 0.4) is 0 Å². The second kappa shape index (κ2) is 7.65. The van der Waals surface area contributed by atoms with Gasteiger partial charge >= 0.3 is 0 Å². The van der Waals surface area contributed by atoms with Gasteiger partial charge in [0.05, 0.1) is 16.9 Å². The summed E-state index contributed by atoms with van der Waals surface area (Å²) in [6, 6.07) is 17.8. The zero-order valence-electron chi connectivity index (χ0n) is 14.6. The zero-order chi connectivity index (χ0) is 19.4. The standard InChI is InChI=1S/C20H18N4O3/c1-13(20(27)22-17-10-6-5-9-15(17)19(21)26)24-18(25)12-11-16(23-24)14-7-3-2-4-8-14/h2-13H,1H3,(H2,21,26)(H,22,27)/t13-/m1/s1. The van der Waals surface area contributed by atoms with Gasteiger partial charge < -0.3 is 11.1 Å². The number of carbonyl (C=O) groups is 2. The first-order chi connectivity index (χ1) is 13.0. The number of nitrogens with one attached hydrogen (secondary N) is 1. The van der Waals surface area contributed by atoms with Gasteiger partial charge in [-0.05, 0) is 25.1 Å². The molecule has 0 aliphatic carbocycles. The number of rotatable bonds is 5. The largest absolute Gasteiger partial charge is 0.366 e. The highest BCUT2D eigenvalue weighted by molar-refractivity contribution is 6.03. The van der Waals surface area contributed by atoms with E-state index < -0.39 is 23.4 Å². The monoisotopic (exact) mass is 362 g/mol. The third-order valence-electron chi connectivity index (χ3n) is 4.09. The molecule has 3 aromatic rings. The van der Waals surface area contributed by atoms with E-state index in [1.807, 2.05) is 30.3 Å². The predicted molar refractivity (Wildman–Crippen MR) is 102 cm³/mol. The van der Waals surface area contributed by atoms with Crippen molar-refractivity contribution in [2.24, 2.45) is 5.73 Å². The first kappa shape index (κ1) is 18.1. The van der Waals surface area contributed by atoms with E-state index in [-0.39, 0.29) is 11.3 Å². The van der Waals surface area contributed by atoms with Crippen LogP contribution in [0.15, 0.2) is 71.5 Å². The molecule has 0 aliphatic rings. The lowest BCUT2D eigenvalue weighted by Crippen LogP contribution is -2.33. The molecule has 0 aliphatic heterocycles. The van der Waals surface area contributed by atoms with Crippen molar-refractivity contribution < 1.29 is 9.59 Å². The summed E-state index contributed by atoms with van der Waals surface area (Å²) in [5.41, 5.74) is 6.81. The number of anilines is 1. The molecule has 1 aromatic heterocycles. The molecular formula is C20H18N4O3. The number of hydrogen-bond acceptors (Lipinski definition) is 4. The molecule has 7 nitrogen and oxygen atoms in total. The highest BCUT2D eigenvalue weighted by atomic mass is 16.2. The second-order valence-corrected chi connectivity index (χ2v) is 5.94. The molecule has 3 N–H and O–H groups in total. The molecule has 0 bridgehead atoms. The molecule has 1 heterocycles. The fourth-order valence-electron chi connectivity index (χ4n) is 2.62. The van der Waals surface area contributed by atoms with Crippen molar-refractivity contribution in [3.8, 4) is 11.3 Å². The maximum Gasteiger partial charge on any atom is 0.267 e. The summed E-state index contributed by atoms with van der Waals surface area (Å²) in [6.07, 6.45) is 0. The van der Waals surface area contributed by atoms with Gasteiger partial charge in [-0.2, -0.15) is 5.10 Å². The maximum absolute atomic E-state index is 12.6. The normalized spacial score (nSPS) is 11.6. The molecule has 2 amide bonds. The minimum absolute atomic E-state index is 0.191. The van der Waals surface area contributed by atoms with Crippen molar-refractivity contribution in [2.75, 3.05) is 5.32 Å². The molecule has 0 fully saturated rings. The van der Waals surface area contributed by atoms with E-state index in [1.165, 1.54) is 12.1 Å². The summed E-state index contributed by atoms with van der Waals surface area (Å²) in [5.74, 6) is -1.14. The lowest BCUT2D eigenvalue weighted by atomic mass is 10.1. The van der Waals surface area contributed by atoms with E-state index in [0.717, 1.165) is 10.2 Å². The Kier molecular flexibility index (Phi) is 5.12. The van der Waals surface area contributed by atoms with Crippen LogP contribution < -0.4 is 16.6 Å². The first-order valence-corrected chi connectivity index (χ1v) is 8.32. The Balaban J connectivity index is 1.90. The molecule has 7 heteroatoms. The number of benzene rings is 2. The summed E-state index contributed by atoms with van der Waals surface area (Å²) in [7, 11) is 0. The van der Waals surface area contributed by atoms with Crippen molar-refractivity contribution in [2.45, 2.75) is 13.0 Å². The third kappa shape index (κ3) is 3.92. The third-order valence-corrected chi connectivity index (χ3v) is 4.09. The van der Waals surface area contributed by atoms with Gasteiger partial charge in [-0.1, -0.05) is 42.5 Å². The van der Waals surface area contributed by atoms with Crippen LogP contribution in [0.5, 0.6) is 0 Å². The number of nitrogens with zero attached hydrogens (tertiary/aromatic N) is 2. The quantitative estimate of drug-likeness (QED) is 0.725. The van der Waals surface area contributed by atoms with Crippen molar-refractivity contribution in [3.63, 3.8) is 0 Å². The fraction of sp³-hybridized carbons (Fsp3) is 0.100. The Hall–Kier alpha value is -3.74. The van der Waals surface area contributed by atoms with Crippen LogP contribution in [-0.4, -0.2) is 21.6 Å². The minimum atomic E-state index is -0.887. The van der Waals surface area contributed by atoms with Crippen LogP contribution in [0.4, 0.5) is 5.69 Å². The topological polar surface area (TPSA) is 107 Å². The number of amides is 2. The highest BCUT2D eigenvalue weighted by Crippen LogP contribution is 2.18. The Bertz CT molecular complexity index is 1040. The first-order valence-electron chi connectivity index (χ1n) is 8.32. The fourth-order valence-corrected chi connectivity index (χ4v) is 2.62. The number of primary amides is 1. The van der Waals surface area contributed by atoms with Gasteiger partial charge in [-0.3, -0.25) is 14.4 Å². The van der Waals surface area contributed by atoms with Crippen molar-refractivity contribution >= 4 is 17.5 Å². The second-order valence-electron chi connectivity index (χ2n) is 5.94. The molecular weight excluding hydrogens is 344 g/mol. The van der Waals surface area contributed by atoms with Gasteiger partial charge in [0, 0.05) is 11.6 Å². The van der Waals surface area contributed by atoms with Gasteiger partial charge in [0.2, 0.25) is 5.91 Å². The van der Waals surface area contributed by atoms with Gasteiger partial charge in [0.25, 0.3) is 11.5 Å². The summed E-state index contributed by atoms with van der Waals surface area (Å²) in [5, 5.41) is 6.95. The molecule has 0 unspecified atom stereocenters. The SMILES string of the molecule is C[C@H](C(=O)Nc1ccccc1C(N)=O)n1nc(-c2ccccc2)ccc1=O. The average molecular weight is 362 g/mol. The van der Waals surface area contributed by atoms with Crippen LogP contribution in [0, 0.1) is 0 Å². The molecule has 0 saturated carbocycles. The van der Waals surface area contributed by atoms with E-state index in [0.29, 0.717) is 5.69 Å². The smallest absolute Gasteiger partial charge is 0.267 e. The molecule has 136 valence electrons. The van der Waals surface area contributed by atoms with Gasteiger partial charge in [0.15, 0.2) is 0 Å². The van der Waals surface area contributed by atoms with Gasteiger partial charge in [-0.15, -0.1) is 0 Å². The summed E-state index contributed by atoms with van der Waals surface area (Å²) in [6.45, 7) is 1.56. The van der Waals surface area contributed by atoms with Crippen molar-refractivity contribution in [1.82, 2.24) is 9.78 Å². The molecule has 0 radical (unpaired) electrons. The maximum atomic E-state index is 12.6. The Labute approximate surface area is 155 Å². The molecule has 3 rings (SSSR count). The van der Waals surface area contributed by atoms with Crippen molar-refractivity contribution in [1.29, 1.82) is 0 Å². The molecule has 27 heavy (non-hydrogen) atoms. The number of nitrogens with two attached hydrogens (primary N) is 1. The van der Waals surface area contributed by atoms with Crippen LogP contribution >= 0.6 is 0 Å². The van der Waals surface area contributed by atoms with Crippen LogP contribution in [0.25, 0.3) is 11.3 Å². The number of para-hydroxylation sites is 1. The molecule has 1 atom stereocenters. The van der Waals surface area contributed by atoms with E-state index in [9.17, 15) is 14.4 Å². The van der Waals surface area contributed by atoms with E-state index >= 15 is 0 Å². The summed E-state index contributed by atoms with van der Waals surface area (Å²) >= 11 is 0. The van der Waals surface area contributed by atoms with E-state index in [1.54, 1.807) is 31.2 Å². The Morgan fingerprint density at radius 3 is 2.37 bits per heavy atom. The van der Waals surface area contributed by atoms with Crippen LogP contribution in [0.2, 0.25) is 0 Å². The van der Waals surface area contributed by atoms with Crippen LogP contribution in [-0.2, 0) is 4.79 Å². The number of hydrogen-bond donors (Lipinski definition) is 2. The van der Waals surface area contributed by atoms with Crippen LogP contribution in [0.1, 0.15) is 23.3 Å². The summed E-state index contributed by atoms with van der Waals surface area (Å²) < 4.78 is 1.12. The number of aromatic nitrogens is 2. The molecule has 0 spiro atoms. The molecule has 2 aromatic carbocycles. The van der Waals surface area contributed by atoms with E-state index in [4.69, 9.17) is 5.73 Å². The lowest BCUT2D eigenvalue weighted by molar-refractivity contribution is -0.119. The molecule has 0 saturated heterocycles. The van der Waals surface area contributed by atoms with Crippen molar-refractivity contribution in [3.05, 3.63) is 82.6 Å². The zero-order valence-corrected chi connectivity index (χ0v) is 14.6. The predicted octanol–water partition coefficient (Wildman–Crippen LogP) is 2.21. The van der Waals surface area contributed by atoms with Gasteiger partial charge in [-0.25, -0.2) is 4.68 Å². The Morgan fingerprint density at radius 2 is 1.67 bits per heavy atom. The van der Waals surface area contributed by atoms with Gasteiger partial charge in [0.1, 0.15) is 6.04 Å². The lowest BCUT2D eigenvalue weighted by Gasteiger charge is -2.16. The van der Waals surface area contributed by atoms with E-state index in [2.05, 4.69) is 10.4 Å².